The molecule has 0 bridgehead atoms. The highest BCUT2D eigenvalue weighted by molar-refractivity contribution is 6.31. The third-order valence-electron chi connectivity index (χ3n) is 4.35. The zero-order valence-corrected chi connectivity index (χ0v) is 16.4. The predicted molar refractivity (Wildman–Crippen MR) is 106 cm³/mol. The van der Waals surface area contributed by atoms with E-state index in [1.165, 1.54) is 17.2 Å². The molecule has 0 saturated heterocycles. The van der Waals surface area contributed by atoms with E-state index >= 15 is 0 Å². The highest BCUT2D eigenvalue weighted by atomic mass is 35.5. The first-order chi connectivity index (χ1) is 13.4. The van der Waals surface area contributed by atoms with Gasteiger partial charge in [-0.2, -0.15) is 0 Å². The maximum atomic E-state index is 14.1. The number of hydrogen-bond acceptors (Lipinski definition) is 3. The fourth-order valence-corrected chi connectivity index (χ4v) is 2.95. The van der Waals surface area contributed by atoms with Gasteiger partial charge in [-0.15, -0.1) is 0 Å². The van der Waals surface area contributed by atoms with Crippen LogP contribution in [-0.4, -0.2) is 16.9 Å². The second kappa shape index (κ2) is 8.93. The molecule has 28 heavy (non-hydrogen) atoms. The number of carbonyl (C=O) groups excluding carboxylic acids is 1. The highest BCUT2D eigenvalue weighted by Crippen LogP contribution is 2.23. The van der Waals surface area contributed by atoms with Crippen LogP contribution in [0.25, 0.3) is 0 Å². The summed E-state index contributed by atoms with van der Waals surface area (Å²) in [4.78, 5) is 14.6. The van der Waals surface area contributed by atoms with Gasteiger partial charge in [-0.05, 0) is 55.8 Å². The molecule has 0 saturated carbocycles. The number of aryl methyl sites for hydroxylation is 1. The van der Waals surface area contributed by atoms with Crippen molar-refractivity contribution in [3.05, 3.63) is 88.6 Å². The van der Waals surface area contributed by atoms with Gasteiger partial charge in [0.05, 0.1) is 12.8 Å². The first-order valence-electron chi connectivity index (χ1n) is 8.91. The Hall–Kier alpha value is -2.79. The number of rotatable bonds is 7. The lowest BCUT2D eigenvalue weighted by atomic mass is 10.2. The van der Waals surface area contributed by atoms with Crippen LogP contribution in [0.15, 0.2) is 65.3 Å². The van der Waals surface area contributed by atoms with E-state index in [0.29, 0.717) is 22.1 Å². The van der Waals surface area contributed by atoms with Gasteiger partial charge in [-0.3, -0.25) is 4.79 Å². The van der Waals surface area contributed by atoms with E-state index in [9.17, 15) is 9.18 Å². The van der Waals surface area contributed by atoms with E-state index in [4.69, 9.17) is 20.8 Å². The molecule has 0 fully saturated rings. The summed E-state index contributed by atoms with van der Waals surface area (Å²) in [7, 11) is 0. The Morgan fingerprint density at radius 2 is 1.96 bits per heavy atom. The van der Waals surface area contributed by atoms with Crippen molar-refractivity contribution >= 4 is 17.5 Å². The lowest BCUT2D eigenvalue weighted by molar-refractivity contribution is -0.139. The molecule has 6 heteroatoms. The van der Waals surface area contributed by atoms with Crippen molar-refractivity contribution in [2.75, 3.05) is 0 Å². The van der Waals surface area contributed by atoms with Crippen LogP contribution in [0, 0.1) is 12.7 Å². The van der Waals surface area contributed by atoms with Gasteiger partial charge < -0.3 is 14.1 Å². The number of benzene rings is 2. The van der Waals surface area contributed by atoms with Gasteiger partial charge in [0.15, 0.2) is 6.10 Å². The molecule has 1 aromatic heterocycles. The van der Waals surface area contributed by atoms with Crippen LogP contribution in [-0.2, 0) is 17.9 Å². The lowest BCUT2D eigenvalue weighted by Crippen LogP contribution is -2.39. The molecule has 0 spiro atoms. The predicted octanol–water partition coefficient (Wildman–Crippen LogP) is 5.38. The molecule has 3 aromatic rings. The monoisotopic (exact) mass is 401 g/mol. The van der Waals surface area contributed by atoms with Gasteiger partial charge in [-0.25, -0.2) is 4.39 Å². The number of furan rings is 1. The van der Waals surface area contributed by atoms with E-state index < -0.39 is 6.10 Å². The topological polar surface area (TPSA) is 42.7 Å². The van der Waals surface area contributed by atoms with Crippen molar-refractivity contribution in [2.24, 2.45) is 0 Å². The quantitative estimate of drug-likeness (QED) is 0.534. The van der Waals surface area contributed by atoms with Crippen molar-refractivity contribution in [1.82, 2.24) is 4.90 Å². The van der Waals surface area contributed by atoms with E-state index in [2.05, 4.69) is 0 Å². The zero-order valence-electron chi connectivity index (χ0n) is 15.7. The van der Waals surface area contributed by atoms with Gasteiger partial charge in [0, 0.05) is 17.1 Å². The van der Waals surface area contributed by atoms with Crippen LogP contribution in [0.2, 0.25) is 5.02 Å². The number of carbonyl (C=O) groups is 1. The number of halogens is 2. The SMILES string of the molecule is Cc1cc(O[C@@H](C)C(=O)N(Cc2ccco2)Cc2ccccc2F)ccc1Cl. The molecule has 1 amide bonds. The van der Waals surface area contributed by atoms with Gasteiger partial charge in [0.25, 0.3) is 5.91 Å². The lowest BCUT2D eigenvalue weighted by Gasteiger charge is -2.26. The summed E-state index contributed by atoms with van der Waals surface area (Å²) in [6.45, 7) is 3.86. The first kappa shape index (κ1) is 20.0. The van der Waals surface area contributed by atoms with E-state index in [1.54, 1.807) is 55.5 Å². The molecule has 2 aromatic carbocycles. The molecule has 146 valence electrons. The molecule has 3 rings (SSSR count). The Morgan fingerprint density at radius 3 is 2.64 bits per heavy atom. The normalized spacial score (nSPS) is 11.9. The molecule has 0 radical (unpaired) electrons. The van der Waals surface area contributed by atoms with Crippen molar-refractivity contribution in [3.8, 4) is 5.75 Å². The van der Waals surface area contributed by atoms with Crippen molar-refractivity contribution in [3.63, 3.8) is 0 Å². The first-order valence-corrected chi connectivity index (χ1v) is 9.29. The number of amides is 1. The summed E-state index contributed by atoms with van der Waals surface area (Å²) >= 11 is 6.04. The van der Waals surface area contributed by atoms with Gasteiger partial charge in [0.2, 0.25) is 0 Å². The molecular weight excluding hydrogens is 381 g/mol. The smallest absolute Gasteiger partial charge is 0.264 e. The highest BCUT2D eigenvalue weighted by Gasteiger charge is 2.24. The molecule has 4 nitrogen and oxygen atoms in total. The second-order valence-corrected chi connectivity index (χ2v) is 6.94. The Bertz CT molecular complexity index is 943. The Morgan fingerprint density at radius 1 is 1.18 bits per heavy atom. The molecule has 0 N–H and O–H groups in total. The van der Waals surface area contributed by atoms with Crippen molar-refractivity contribution in [2.45, 2.75) is 33.0 Å². The van der Waals surface area contributed by atoms with Gasteiger partial charge >= 0.3 is 0 Å². The average Bonchev–Trinajstić information content (AvgIpc) is 3.18. The summed E-state index contributed by atoms with van der Waals surface area (Å²) in [6.07, 6.45) is 0.777. The zero-order chi connectivity index (χ0) is 20.1. The van der Waals surface area contributed by atoms with Crippen LogP contribution in [0.1, 0.15) is 23.8 Å². The molecule has 0 aliphatic rings. The molecule has 0 aliphatic heterocycles. The van der Waals surface area contributed by atoms with E-state index in [1.807, 2.05) is 6.92 Å². The summed E-state index contributed by atoms with van der Waals surface area (Å²) in [5.74, 6) is 0.528. The molecule has 1 atom stereocenters. The molecular formula is C22H21ClFNO3. The number of ether oxygens (including phenoxy) is 1. The fraction of sp³-hybridized carbons (Fsp3) is 0.227. The number of hydrogen-bond donors (Lipinski definition) is 0. The maximum Gasteiger partial charge on any atom is 0.264 e. The summed E-state index contributed by atoms with van der Waals surface area (Å²) in [6, 6.07) is 15.1. The minimum Gasteiger partial charge on any atom is -0.481 e. The maximum absolute atomic E-state index is 14.1. The van der Waals surface area contributed by atoms with Crippen LogP contribution in [0.3, 0.4) is 0 Å². The standard InChI is InChI=1S/C22H21ClFNO3/c1-15-12-18(9-10-20(15)23)28-16(2)22(26)25(14-19-7-5-11-27-19)13-17-6-3-4-8-21(17)24/h3-12,16H,13-14H2,1-2H3/t16-/m0/s1. The fourth-order valence-electron chi connectivity index (χ4n) is 2.84. The molecule has 1 heterocycles. The van der Waals surface area contributed by atoms with Crippen molar-refractivity contribution < 1.29 is 18.3 Å². The summed E-state index contributed by atoms with van der Waals surface area (Å²) in [5, 5.41) is 0.630. The Labute approximate surface area is 168 Å². The minimum atomic E-state index is -0.762. The van der Waals surface area contributed by atoms with Crippen LogP contribution in [0.5, 0.6) is 5.75 Å². The Balaban J connectivity index is 1.78. The van der Waals surface area contributed by atoms with Crippen molar-refractivity contribution in [1.29, 1.82) is 0 Å². The van der Waals surface area contributed by atoms with Gasteiger partial charge in [-0.1, -0.05) is 29.8 Å². The van der Waals surface area contributed by atoms with E-state index in [-0.39, 0.29) is 24.8 Å². The average molecular weight is 402 g/mol. The van der Waals surface area contributed by atoms with Crippen LogP contribution >= 0.6 is 11.6 Å². The van der Waals surface area contributed by atoms with Crippen LogP contribution in [0.4, 0.5) is 4.39 Å². The largest absolute Gasteiger partial charge is 0.481 e. The second-order valence-electron chi connectivity index (χ2n) is 6.54. The summed E-state index contributed by atoms with van der Waals surface area (Å²) in [5.41, 5.74) is 1.29. The third-order valence-corrected chi connectivity index (χ3v) is 4.77. The van der Waals surface area contributed by atoms with Gasteiger partial charge in [0.1, 0.15) is 17.3 Å². The molecule has 0 aliphatic carbocycles. The minimum absolute atomic E-state index is 0.111. The summed E-state index contributed by atoms with van der Waals surface area (Å²) < 4.78 is 25.3. The Kier molecular flexibility index (Phi) is 6.37. The molecule has 0 unspecified atom stereocenters. The van der Waals surface area contributed by atoms with E-state index in [0.717, 1.165) is 5.56 Å². The third kappa shape index (κ3) is 4.93. The number of nitrogens with zero attached hydrogens (tertiary/aromatic N) is 1. The van der Waals surface area contributed by atoms with Crippen LogP contribution < -0.4 is 4.74 Å².